The van der Waals surface area contributed by atoms with Gasteiger partial charge in [-0.2, -0.15) is 0 Å². The minimum absolute atomic E-state index is 0.0494. The van der Waals surface area contributed by atoms with Gasteiger partial charge in [0.25, 0.3) is 0 Å². The number of carbonyl (C=O) groups excluding carboxylic acids is 1. The lowest BCUT2D eigenvalue weighted by molar-refractivity contribution is -0.121. The SMILES string of the molecule is CS(=O)(=O)c1ccc(OCCC(=O)NCC(N)C2CC2)cc1. The highest BCUT2D eigenvalue weighted by Gasteiger charge is 2.28. The molecule has 1 amide bonds. The summed E-state index contributed by atoms with van der Waals surface area (Å²) in [7, 11) is -3.20. The zero-order chi connectivity index (χ0) is 16.2. The summed E-state index contributed by atoms with van der Waals surface area (Å²) in [6.45, 7) is 0.745. The Bertz CT molecular complexity index is 609. The van der Waals surface area contributed by atoms with Gasteiger partial charge in [-0.1, -0.05) is 0 Å². The molecule has 1 aromatic carbocycles. The second-order valence-electron chi connectivity index (χ2n) is 5.65. The van der Waals surface area contributed by atoms with Crippen LogP contribution in [0.5, 0.6) is 5.75 Å². The van der Waals surface area contributed by atoms with Crippen molar-refractivity contribution in [3.63, 3.8) is 0 Å². The van der Waals surface area contributed by atoms with Crippen LogP contribution in [0, 0.1) is 5.92 Å². The summed E-state index contributed by atoms with van der Waals surface area (Å²) >= 11 is 0. The van der Waals surface area contributed by atoms with Crippen molar-refractivity contribution >= 4 is 15.7 Å². The summed E-state index contributed by atoms with van der Waals surface area (Å²) in [4.78, 5) is 11.9. The third kappa shape index (κ3) is 5.31. The van der Waals surface area contributed by atoms with E-state index in [2.05, 4.69) is 5.32 Å². The first-order chi connectivity index (χ1) is 10.4. The lowest BCUT2D eigenvalue weighted by Crippen LogP contribution is -2.38. The number of rotatable bonds is 8. The monoisotopic (exact) mass is 326 g/mol. The fraction of sp³-hybridized carbons (Fsp3) is 0.533. The molecular weight excluding hydrogens is 304 g/mol. The van der Waals surface area contributed by atoms with Crippen molar-refractivity contribution < 1.29 is 17.9 Å². The van der Waals surface area contributed by atoms with Crippen molar-refractivity contribution in [1.29, 1.82) is 0 Å². The van der Waals surface area contributed by atoms with Gasteiger partial charge in [0, 0.05) is 18.8 Å². The van der Waals surface area contributed by atoms with Gasteiger partial charge < -0.3 is 15.8 Å². The maximum atomic E-state index is 11.6. The molecule has 1 atom stereocenters. The van der Waals surface area contributed by atoms with Crippen molar-refractivity contribution in [3.8, 4) is 5.75 Å². The first-order valence-corrected chi connectivity index (χ1v) is 9.20. The van der Waals surface area contributed by atoms with Gasteiger partial charge >= 0.3 is 0 Å². The van der Waals surface area contributed by atoms with Gasteiger partial charge in [-0.15, -0.1) is 0 Å². The Hall–Kier alpha value is -1.60. The third-order valence-electron chi connectivity index (χ3n) is 3.61. The van der Waals surface area contributed by atoms with Crippen molar-refractivity contribution in [2.45, 2.75) is 30.2 Å². The second kappa shape index (κ2) is 7.11. The summed E-state index contributed by atoms with van der Waals surface area (Å²) < 4.78 is 28.1. The molecule has 1 aromatic rings. The average molecular weight is 326 g/mol. The largest absolute Gasteiger partial charge is 0.493 e. The Morgan fingerprint density at radius 2 is 2.00 bits per heavy atom. The zero-order valence-electron chi connectivity index (χ0n) is 12.6. The number of sulfone groups is 1. The number of ether oxygens (including phenoxy) is 1. The highest BCUT2D eigenvalue weighted by Crippen LogP contribution is 2.31. The lowest BCUT2D eigenvalue weighted by atomic mass is 10.2. The number of carbonyl (C=O) groups is 1. The molecule has 0 aliphatic heterocycles. The fourth-order valence-corrected chi connectivity index (χ4v) is 2.69. The van der Waals surface area contributed by atoms with E-state index in [1.165, 1.54) is 12.1 Å². The smallest absolute Gasteiger partial charge is 0.223 e. The van der Waals surface area contributed by atoms with Gasteiger partial charge in [0.2, 0.25) is 5.91 Å². The quantitative estimate of drug-likeness (QED) is 0.733. The van der Waals surface area contributed by atoms with Gasteiger partial charge in [-0.05, 0) is 43.0 Å². The summed E-state index contributed by atoms with van der Waals surface area (Å²) in [5.41, 5.74) is 5.90. The van der Waals surface area contributed by atoms with Crippen molar-refractivity contribution in [3.05, 3.63) is 24.3 Å². The van der Waals surface area contributed by atoms with E-state index in [0.29, 0.717) is 18.2 Å². The molecule has 1 aliphatic carbocycles. The predicted molar refractivity (Wildman–Crippen MR) is 83.4 cm³/mol. The minimum atomic E-state index is -3.20. The fourth-order valence-electron chi connectivity index (χ4n) is 2.06. The summed E-state index contributed by atoms with van der Waals surface area (Å²) in [6, 6.07) is 6.18. The van der Waals surface area contributed by atoms with E-state index in [4.69, 9.17) is 10.5 Å². The lowest BCUT2D eigenvalue weighted by Gasteiger charge is -2.12. The molecule has 0 aromatic heterocycles. The molecule has 6 nitrogen and oxygen atoms in total. The zero-order valence-corrected chi connectivity index (χ0v) is 13.4. The third-order valence-corrected chi connectivity index (χ3v) is 4.74. The van der Waals surface area contributed by atoms with Crippen molar-refractivity contribution in [2.75, 3.05) is 19.4 Å². The Morgan fingerprint density at radius 3 is 2.55 bits per heavy atom. The molecule has 1 saturated carbocycles. The molecule has 0 radical (unpaired) electrons. The number of benzene rings is 1. The van der Waals surface area contributed by atoms with Crippen molar-refractivity contribution in [2.24, 2.45) is 11.7 Å². The molecule has 7 heteroatoms. The molecule has 0 bridgehead atoms. The molecule has 0 spiro atoms. The standard InChI is InChI=1S/C15H22N2O4S/c1-22(19,20)13-6-4-12(5-7-13)21-9-8-15(18)17-10-14(16)11-2-3-11/h4-7,11,14H,2-3,8-10,16H2,1H3,(H,17,18). The normalized spacial score (nSPS) is 16.1. The van der Waals surface area contributed by atoms with Gasteiger partial charge in [0.15, 0.2) is 9.84 Å². The first-order valence-electron chi connectivity index (χ1n) is 7.31. The number of amides is 1. The van der Waals surface area contributed by atoms with Gasteiger partial charge in [-0.3, -0.25) is 4.79 Å². The van der Waals surface area contributed by atoms with E-state index in [-0.39, 0.29) is 29.9 Å². The molecule has 122 valence electrons. The molecule has 0 saturated heterocycles. The van der Waals surface area contributed by atoms with Crippen LogP contribution in [0.4, 0.5) is 0 Å². The van der Waals surface area contributed by atoms with E-state index < -0.39 is 9.84 Å². The Kier molecular flexibility index (Phi) is 5.42. The Balaban J connectivity index is 1.68. The number of hydrogen-bond donors (Lipinski definition) is 2. The number of nitrogens with two attached hydrogens (primary N) is 1. The summed E-state index contributed by atoms with van der Waals surface area (Å²) in [5, 5.41) is 2.80. The molecule has 3 N–H and O–H groups in total. The van der Waals surface area contributed by atoms with Gasteiger partial charge in [-0.25, -0.2) is 8.42 Å². The minimum Gasteiger partial charge on any atom is -0.493 e. The second-order valence-corrected chi connectivity index (χ2v) is 7.66. The molecule has 2 rings (SSSR count). The topological polar surface area (TPSA) is 98.5 Å². The highest BCUT2D eigenvalue weighted by atomic mass is 32.2. The van der Waals surface area contributed by atoms with E-state index in [9.17, 15) is 13.2 Å². The maximum absolute atomic E-state index is 11.6. The average Bonchev–Trinajstić information content (AvgIpc) is 3.29. The Labute approximate surface area is 131 Å². The predicted octanol–water partition coefficient (Wildman–Crippen LogP) is 0.713. The van der Waals surface area contributed by atoms with E-state index >= 15 is 0 Å². The van der Waals surface area contributed by atoms with E-state index in [1.807, 2.05) is 0 Å². The summed E-state index contributed by atoms with van der Waals surface area (Å²) in [5.74, 6) is 1.00. The van der Waals surface area contributed by atoms with Crippen molar-refractivity contribution in [1.82, 2.24) is 5.32 Å². The van der Waals surface area contributed by atoms with Crippen LogP contribution in [0.2, 0.25) is 0 Å². The van der Waals surface area contributed by atoms with Gasteiger partial charge in [0.05, 0.1) is 17.9 Å². The Morgan fingerprint density at radius 1 is 1.36 bits per heavy atom. The van der Waals surface area contributed by atoms with Crippen LogP contribution >= 0.6 is 0 Å². The van der Waals surface area contributed by atoms with Crippen LogP contribution in [0.1, 0.15) is 19.3 Å². The molecular formula is C15H22N2O4S. The molecule has 1 aliphatic rings. The maximum Gasteiger partial charge on any atom is 0.223 e. The van der Waals surface area contributed by atoms with E-state index in [1.54, 1.807) is 12.1 Å². The summed E-state index contributed by atoms with van der Waals surface area (Å²) in [6.07, 6.45) is 3.71. The van der Waals surface area contributed by atoms with E-state index in [0.717, 1.165) is 19.1 Å². The van der Waals surface area contributed by atoms with Crippen LogP contribution in [-0.4, -0.2) is 39.8 Å². The number of hydrogen-bond acceptors (Lipinski definition) is 5. The molecule has 1 fully saturated rings. The molecule has 22 heavy (non-hydrogen) atoms. The van der Waals surface area contributed by atoms with Crippen LogP contribution in [0.25, 0.3) is 0 Å². The van der Waals surface area contributed by atoms with Crippen LogP contribution < -0.4 is 15.8 Å². The van der Waals surface area contributed by atoms with Crippen LogP contribution in [0.3, 0.4) is 0 Å². The molecule has 0 heterocycles. The number of nitrogens with one attached hydrogen (secondary N) is 1. The van der Waals surface area contributed by atoms with Gasteiger partial charge in [0.1, 0.15) is 5.75 Å². The molecule has 1 unspecified atom stereocenters. The highest BCUT2D eigenvalue weighted by molar-refractivity contribution is 7.90. The first kappa shape index (κ1) is 16.8. The van der Waals surface area contributed by atoms with Crippen LogP contribution in [-0.2, 0) is 14.6 Å². The van der Waals surface area contributed by atoms with Crippen LogP contribution in [0.15, 0.2) is 29.2 Å².